The monoisotopic (exact) mass is 394 g/mol. The fourth-order valence-electron chi connectivity index (χ4n) is 3.52. The van der Waals surface area contributed by atoms with Gasteiger partial charge < -0.3 is 25.4 Å². The number of morpholine rings is 1. The number of ether oxygens (including phenoxy) is 2. The van der Waals surface area contributed by atoms with Gasteiger partial charge in [-0.05, 0) is 54.8 Å². The molecule has 2 aromatic carbocycles. The van der Waals surface area contributed by atoms with E-state index in [2.05, 4.69) is 15.2 Å². The lowest BCUT2D eigenvalue weighted by molar-refractivity contribution is 0.102. The number of hydrogen-bond acceptors (Lipinski definition) is 6. The first-order chi connectivity index (χ1) is 14.2. The van der Waals surface area contributed by atoms with Crippen LogP contribution < -0.4 is 16.0 Å². The van der Waals surface area contributed by atoms with Gasteiger partial charge in [0.1, 0.15) is 6.61 Å². The topological polar surface area (TPSA) is 89.2 Å². The summed E-state index contributed by atoms with van der Waals surface area (Å²) in [6.07, 6.45) is 1.78. The Kier molecular flexibility index (Phi) is 5.95. The minimum absolute atomic E-state index is 0.112. The third-order valence-electron chi connectivity index (χ3n) is 5.22. The van der Waals surface area contributed by atoms with E-state index in [4.69, 9.17) is 15.2 Å². The van der Waals surface area contributed by atoms with Crippen molar-refractivity contribution < 1.29 is 14.3 Å². The van der Waals surface area contributed by atoms with Crippen LogP contribution in [0.3, 0.4) is 0 Å². The summed E-state index contributed by atoms with van der Waals surface area (Å²) in [5, 5.41) is 2.96. The van der Waals surface area contributed by atoms with Gasteiger partial charge in [0.2, 0.25) is 0 Å². The maximum absolute atomic E-state index is 12.5. The summed E-state index contributed by atoms with van der Waals surface area (Å²) < 4.78 is 10.6. The average Bonchev–Trinajstić information content (AvgIpc) is 3.19. The SMILES string of the molecule is NC1=N[C@@H](CCc2ccc(NC(=O)c3ccc(N4CCOCC4)cc3)cc2)CO1. The molecule has 4 rings (SSSR count). The van der Waals surface area contributed by atoms with Gasteiger partial charge in [0.25, 0.3) is 11.9 Å². The molecule has 3 N–H and O–H groups in total. The number of nitrogens with zero attached hydrogens (tertiary/aromatic N) is 2. The van der Waals surface area contributed by atoms with E-state index in [1.165, 1.54) is 5.56 Å². The molecule has 152 valence electrons. The number of nitrogens with one attached hydrogen (secondary N) is 1. The zero-order chi connectivity index (χ0) is 20.1. The van der Waals surface area contributed by atoms with Crippen molar-refractivity contribution in [3.63, 3.8) is 0 Å². The van der Waals surface area contributed by atoms with Crippen molar-refractivity contribution in [3.8, 4) is 0 Å². The molecule has 2 heterocycles. The Balaban J connectivity index is 1.29. The molecule has 0 spiro atoms. The standard InChI is InChI=1S/C22H26N4O3/c23-22-25-19(15-29-22)8-3-16-1-6-18(7-2-16)24-21(27)17-4-9-20(10-5-17)26-11-13-28-14-12-26/h1-2,4-7,9-10,19H,3,8,11-15H2,(H2,23,25)(H,24,27)/t19-/m0/s1. The van der Waals surface area contributed by atoms with Gasteiger partial charge in [-0.15, -0.1) is 0 Å². The van der Waals surface area contributed by atoms with E-state index in [1.807, 2.05) is 48.5 Å². The molecular weight excluding hydrogens is 368 g/mol. The summed E-state index contributed by atoms with van der Waals surface area (Å²) in [6.45, 7) is 3.81. The number of aryl methyl sites for hydroxylation is 1. The number of benzene rings is 2. The summed E-state index contributed by atoms with van der Waals surface area (Å²) in [7, 11) is 0. The van der Waals surface area contributed by atoms with Crippen LogP contribution in [-0.4, -0.2) is 50.9 Å². The number of carbonyl (C=O) groups excluding carboxylic acids is 1. The number of amides is 1. The molecule has 2 aromatic rings. The van der Waals surface area contributed by atoms with E-state index in [1.54, 1.807) is 0 Å². The molecule has 2 aliphatic rings. The van der Waals surface area contributed by atoms with E-state index in [9.17, 15) is 4.79 Å². The molecule has 7 heteroatoms. The first-order valence-corrected chi connectivity index (χ1v) is 9.96. The summed E-state index contributed by atoms with van der Waals surface area (Å²) in [5.41, 5.74) is 9.27. The average molecular weight is 394 g/mol. The van der Waals surface area contributed by atoms with Gasteiger partial charge in [0.15, 0.2) is 0 Å². The highest BCUT2D eigenvalue weighted by atomic mass is 16.5. The first-order valence-electron chi connectivity index (χ1n) is 9.96. The van der Waals surface area contributed by atoms with Crippen molar-refractivity contribution >= 4 is 23.3 Å². The molecule has 7 nitrogen and oxygen atoms in total. The predicted molar refractivity (Wildman–Crippen MR) is 114 cm³/mol. The second-order valence-electron chi connectivity index (χ2n) is 7.27. The van der Waals surface area contributed by atoms with Crippen molar-refractivity contribution in [1.82, 2.24) is 0 Å². The van der Waals surface area contributed by atoms with E-state index >= 15 is 0 Å². The molecular formula is C22H26N4O3. The molecule has 0 unspecified atom stereocenters. The molecule has 1 amide bonds. The van der Waals surface area contributed by atoms with Crippen LogP contribution in [0.5, 0.6) is 0 Å². The Labute approximate surface area is 170 Å². The number of aliphatic imine (C=N–C) groups is 1. The van der Waals surface area contributed by atoms with E-state index < -0.39 is 0 Å². The zero-order valence-electron chi connectivity index (χ0n) is 16.3. The molecule has 0 saturated carbocycles. The number of rotatable bonds is 6. The maximum atomic E-state index is 12.5. The van der Waals surface area contributed by atoms with Gasteiger partial charge in [0.05, 0.1) is 19.3 Å². The quantitative estimate of drug-likeness (QED) is 0.785. The van der Waals surface area contributed by atoms with Crippen LogP contribution in [0.2, 0.25) is 0 Å². The van der Waals surface area contributed by atoms with Crippen molar-refractivity contribution in [2.45, 2.75) is 18.9 Å². The van der Waals surface area contributed by atoms with Crippen molar-refractivity contribution in [2.24, 2.45) is 10.7 Å². The lowest BCUT2D eigenvalue weighted by Gasteiger charge is -2.28. The largest absolute Gasteiger partial charge is 0.463 e. The molecule has 1 saturated heterocycles. The number of nitrogens with two attached hydrogens (primary N) is 1. The number of amidine groups is 1. The number of anilines is 2. The van der Waals surface area contributed by atoms with E-state index in [-0.39, 0.29) is 18.0 Å². The van der Waals surface area contributed by atoms with E-state index in [0.717, 1.165) is 50.5 Å². The zero-order valence-corrected chi connectivity index (χ0v) is 16.3. The van der Waals surface area contributed by atoms with Crippen LogP contribution in [0.25, 0.3) is 0 Å². The van der Waals surface area contributed by atoms with Gasteiger partial charge in [-0.3, -0.25) is 4.79 Å². The Morgan fingerprint density at radius 3 is 2.48 bits per heavy atom. The van der Waals surface area contributed by atoms with Crippen LogP contribution >= 0.6 is 0 Å². The second-order valence-corrected chi connectivity index (χ2v) is 7.27. The van der Waals surface area contributed by atoms with E-state index in [0.29, 0.717) is 12.2 Å². The van der Waals surface area contributed by atoms with Gasteiger partial charge in [-0.1, -0.05) is 12.1 Å². The van der Waals surface area contributed by atoms with Gasteiger partial charge in [0, 0.05) is 30.0 Å². The lowest BCUT2D eigenvalue weighted by atomic mass is 10.1. The number of carbonyl (C=O) groups is 1. The maximum Gasteiger partial charge on any atom is 0.282 e. The highest BCUT2D eigenvalue weighted by Crippen LogP contribution is 2.19. The normalized spacial score (nSPS) is 18.8. The molecule has 29 heavy (non-hydrogen) atoms. The van der Waals surface area contributed by atoms with Crippen LogP contribution in [0, 0.1) is 0 Å². The van der Waals surface area contributed by atoms with Crippen molar-refractivity contribution in [2.75, 3.05) is 43.1 Å². The summed E-state index contributed by atoms with van der Waals surface area (Å²) in [4.78, 5) is 19.0. The smallest absolute Gasteiger partial charge is 0.282 e. The number of hydrogen-bond donors (Lipinski definition) is 2. The van der Waals surface area contributed by atoms with Crippen molar-refractivity contribution in [1.29, 1.82) is 0 Å². The highest BCUT2D eigenvalue weighted by Gasteiger charge is 2.16. The summed E-state index contributed by atoms with van der Waals surface area (Å²) in [5.74, 6) is -0.112. The Morgan fingerprint density at radius 1 is 1.10 bits per heavy atom. The third kappa shape index (κ3) is 5.06. The van der Waals surface area contributed by atoms with Gasteiger partial charge >= 0.3 is 0 Å². The lowest BCUT2D eigenvalue weighted by Crippen LogP contribution is -2.36. The Hall–Kier alpha value is -3.06. The molecule has 0 aliphatic carbocycles. The molecule has 2 aliphatic heterocycles. The second kappa shape index (κ2) is 8.96. The third-order valence-corrected chi connectivity index (χ3v) is 5.22. The molecule has 0 aromatic heterocycles. The summed E-state index contributed by atoms with van der Waals surface area (Å²) >= 11 is 0. The molecule has 1 atom stereocenters. The molecule has 0 radical (unpaired) electrons. The van der Waals surface area contributed by atoms with Gasteiger partial charge in [-0.25, -0.2) is 4.99 Å². The minimum Gasteiger partial charge on any atom is -0.463 e. The summed E-state index contributed by atoms with van der Waals surface area (Å²) in [6, 6.07) is 16.0. The Morgan fingerprint density at radius 2 is 1.83 bits per heavy atom. The minimum atomic E-state index is -0.112. The van der Waals surface area contributed by atoms with Crippen LogP contribution in [0.1, 0.15) is 22.3 Å². The Bertz CT molecular complexity index is 859. The fraction of sp³-hybridized carbons (Fsp3) is 0.364. The van der Waals surface area contributed by atoms with Crippen molar-refractivity contribution in [3.05, 3.63) is 59.7 Å². The predicted octanol–water partition coefficient (Wildman–Crippen LogP) is 2.42. The molecule has 1 fully saturated rings. The fourth-order valence-corrected chi connectivity index (χ4v) is 3.52. The molecule has 0 bridgehead atoms. The first kappa shape index (κ1) is 19.3. The van der Waals surface area contributed by atoms with Gasteiger partial charge in [-0.2, -0.15) is 0 Å². The van der Waals surface area contributed by atoms with Crippen LogP contribution in [0.4, 0.5) is 11.4 Å². The highest BCUT2D eigenvalue weighted by molar-refractivity contribution is 6.04. The van der Waals surface area contributed by atoms with Crippen LogP contribution in [-0.2, 0) is 15.9 Å². The van der Waals surface area contributed by atoms with Crippen LogP contribution in [0.15, 0.2) is 53.5 Å².